The molecule has 0 aliphatic carbocycles. The highest BCUT2D eigenvalue weighted by Gasteiger charge is 2.14. The van der Waals surface area contributed by atoms with Crippen LogP contribution in [0.1, 0.15) is 20.3 Å². The van der Waals surface area contributed by atoms with E-state index in [1.165, 1.54) is 6.26 Å². The summed E-state index contributed by atoms with van der Waals surface area (Å²) in [4.78, 5) is 0. The smallest absolute Gasteiger partial charge is 0.148 e. The molecular weight excluding hydrogens is 218 g/mol. The zero-order chi connectivity index (χ0) is 11.2. The SMILES string of the molecule is CC(C)(CN)CCSCCS(C)(=O)=O. The van der Waals surface area contributed by atoms with Gasteiger partial charge in [0.15, 0.2) is 0 Å². The molecule has 0 aromatic carbocycles. The maximum absolute atomic E-state index is 10.8. The summed E-state index contributed by atoms with van der Waals surface area (Å²) in [6.45, 7) is 4.94. The molecule has 0 atom stereocenters. The van der Waals surface area contributed by atoms with Gasteiger partial charge in [0.2, 0.25) is 0 Å². The van der Waals surface area contributed by atoms with E-state index >= 15 is 0 Å². The zero-order valence-corrected chi connectivity index (χ0v) is 10.9. The van der Waals surface area contributed by atoms with Gasteiger partial charge in [0.1, 0.15) is 9.84 Å². The van der Waals surface area contributed by atoms with Crippen molar-refractivity contribution in [3.63, 3.8) is 0 Å². The van der Waals surface area contributed by atoms with Crippen LogP contribution in [0.2, 0.25) is 0 Å². The maximum atomic E-state index is 10.8. The summed E-state index contributed by atoms with van der Waals surface area (Å²) in [7, 11) is -2.79. The number of hydrogen-bond donors (Lipinski definition) is 1. The Kier molecular flexibility index (Phi) is 6.09. The lowest BCUT2D eigenvalue weighted by atomic mass is 9.91. The Morgan fingerprint density at radius 3 is 2.29 bits per heavy atom. The molecular formula is C9H21NO2S2. The third-order valence-corrected chi connectivity index (χ3v) is 4.26. The van der Waals surface area contributed by atoms with E-state index in [1.807, 2.05) is 0 Å². The standard InChI is InChI=1S/C9H21NO2S2/c1-9(2,8-10)4-5-13-6-7-14(3,11)12/h4-8,10H2,1-3H3. The van der Waals surface area contributed by atoms with Gasteiger partial charge in [0.25, 0.3) is 0 Å². The van der Waals surface area contributed by atoms with Crippen molar-refractivity contribution in [1.29, 1.82) is 0 Å². The van der Waals surface area contributed by atoms with E-state index < -0.39 is 9.84 Å². The van der Waals surface area contributed by atoms with E-state index in [0.29, 0.717) is 12.3 Å². The van der Waals surface area contributed by atoms with Gasteiger partial charge in [-0.25, -0.2) is 8.42 Å². The number of rotatable bonds is 7. The second-order valence-corrected chi connectivity index (χ2v) is 7.85. The van der Waals surface area contributed by atoms with Crippen LogP contribution in [0.4, 0.5) is 0 Å². The molecule has 3 nitrogen and oxygen atoms in total. The maximum Gasteiger partial charge on any atom is 0.148 e. The van der Waals surface area contributed by atoms with Gasteiger partial charge in [0.05, 0.1) is 5.75 Å². The van der Waals surface area contributed by atoms with Crippen LogP contribution in [0.3, 0.4) is 0 Å². The summed E-state index contributed by atoms with van der Waals surface area (Å²) in [5, 5.41) is 0. The van der Waals surface area contributed by atoms with E-state index in [1.54, 1.807) is 11.8 Å². The van der Waals surface area contributed by atoms with Gasteiger partial charge >= 0.3 is 0 Å². The lowest BCUT2D eigenvalue weighted by Gasteiger charge is -2.21. The number of hydrogen-bond acceptors (Lipinski definition) is 4. The van der Waals surface area contributed by atoms with E-state index in [-0.39, 0.29) is 11.2 Å². The second-order valence-electron chi connectivity index (χ2n) is 4.36. The minimum Gasteiger partial charge on any atom is -0.330 e. The van der Waals surface area contributed by atoms with E-state index in [4.69, 9.17) is 5.73 Å². The van der Waals surface area contributed by atoms with E-state index in [9.17, 15) is 8.42 Å². The molecule has 0 radical (unpaired) electrons. The van der Waals surface area contributed by atoms with Gasteiger partial charge in [-0.05, 0) is 24.1 Å². The Morgan fingerprint density at radius 2 is 1.86 bits per heavy atom. The minimum atomic E-state index is -2.79. The first-order valence-corrected chi connectivity index (χ1v) is 7.94. The molecule has 2 N–H and O–H groups in total. The molecule has 0 unspecified atom stereocenters. The summed E-state index contributed by atoms with van der Waals surface area (Å²) in [6, 6.07) is 0. The molecule has 0 heterocycles. The van der Waals surface area contributed by atoms with Crippen molar-refractivity contribution in [3.8, 4) is 0 Å². The molecule has 0 aliphatic rings. The summed E-state index contributed by atoms with van der Waals surface area (Å²) < 4.78 is 21.6. The Hall–Kier alpha value is 0.260. The molecule has 0 aromatic rings. The van der Waals surface area contributed by atoms with Gasteiger partial charge in [-0.1, -0.05) is 13.8 Å². The second kappa shape index (κ2) is 5.98. The Balaban J connectivity index is 3.49. The molecule has 0 aromatic heterocycles. The molecule has 0 aliphatic heterocycles. The first-order valence-electron chi connectivity index (χ1n) is 4.72. The van der Waals surface area contributed by atoms with Crippen LogP contribution in [0.5, 0.6) is 0 Å². The third kappa shape index (κ3) is 8.84. The Bertz CT molecular complexity index is 248. The van der Waals surface area contributed by atoms with Gasteiger partial charge < -0.3 is 5.73 Å². The predicted molar refractivity (Wildman–Crippen MR) is 64.5 cm³/mol. The van der Waals surface area contributed by atoms with Crippen LogP contribution in [0.15, 0.2) is 0 Å². The fourth-order valence-electron chi connectivity index (χ4n) is 0.763. The summed E-state index contributed by atoms with van der Waals surface area (Å²) in [6.07, 6.45) is 2.31. The van der Waals surface area contributed by atoms with Crippen molar-refractivity contribution in [2.45, 2.75) is 20.3 Å². The van der Waals surface area contributed by atoms with E-state index in [0.717, 1.165) is 12.2 Å². The summed E-state index contributed by atoms with van der Waals surface area (Å²) >= 11 is 1.69. The van der Waals surface area contributed by atoms with Gasteiger partial charge in [0, 0.05) is 12.0 Å². The lowest BCUT2D eigenvalue weighted by Crippen LogP contribution is -2.24. The fourth-order valence-corrected chi connectivity index (χ4v) is 3.35. The number of thioether (sulfide) groups is 1. The Labute approximate surface area is 91.7 Å². The molecule has 14 heavy (non-hydrogen) atoms. The van der Waals surface area contributed by atoms with Crippen LogP contribution < -0.4 is 5.73 Å². The molecule has 0 amide bonds. The highest BCUT2D eigenvalue weighted by molar-refractivity contribution is 8.00. The molecule has 5 heteroatoms. The van der Waals surface area contributed by atoms with Gasteiger partial charge in [-0.3, -0.25) is 0 Å². The fraction of sp³-hybridized carbons (Fsp3) is 1.00. The molecule has 0 fully saturated rings. The van der Waals surface area contributed by atoms with Crippen molar-refractivity contribution in [2.75, 3.05) is 30.1 Å². The largest absolute Gasteiger partial charge is 0.330 e. The molecule has 86 valence electrons. The van der Waals surface area contributed by atoms with Crippen molar-refractivity contribution in [2.24, 2.45) is 11.1 Å². The zero-order valence-electron chi connectivity index (χ0n) is 9.25. The average Bonchev–Trinajstić information content (AvgIpc) is 2.01. The van der Waals surface area contributed by atoms with E-state index in [2.05, 4.69) is 13.8 Å². The first-order chi connectivity index (χ1) is 6.27. The van der Waals surface area contributed by atoms with Gasteiger partial charge in [-0.2, -0.15) is 11.8 Å². The monoisotopic (exact) mass is 239 g/mol. The lowest BCUT2D eigenvalue weighted by molar-refractivity contribution is 0.368. The predicted octanol–water partition coefficient (Wildman–Crippen LogP) is 1.14. The molecule has 0 saturated carbocycles. The summed E-state index contributed by atoms with van der Waals surface area (Å²) in [5.74, 6) is 1.96. The normalized spacial score (nSPS) is 13.1. The van der Waals surface area contributed by atoms with Crippen LogP contribution >= 0.6 is 11.8 Å². The topological polar surface area (TPSA) is 60.2 Å². The highest BCUT2D eigenvalue weighted by atomic mass is 32.2. The third-order valence-electron chi connectivity index (χ3n) is 2.07. The number of nitrogens with two attached hydrogens (primary N) is 1. The van der Waals surface area contributed by atoms with Gasteiger partial charge in [-0.15, -0.1) is 0 Å². The first kappa shape index (κ1) is 14.3. The molecule has 0 bridgehead atoms. The van der Waals surface area contributed by atoms with Crippen LogP contribution in [-0.4, -0.2) is 38.5 Å². The van der Waals surface area contributed by atoms with Crippen molar-refractivity contribution in [1.82, 2.24) is 0 Å². The quantitative estimate of drug-likeness (QED) is 0.677. The average molecular weight is 239 g/mol. The molecule has 0 saturated heterocycles. The number of sulfone groups is 1. The van der Waals surface area contributed by atoms with Crippen LogP contribution in [-0.2, 0) is 9.84 Å². The molecule has 0 rings (SSSR count). The minimum absolute atomic E-state index is 0.179. The van der Waals surface area contributed by atoms with Crippen molar-refractivity contribution < 1.29 is 8.42 Å². The Morgan fingerprint density at radius 1 is 1.29 bits per heavy atom. The summed E-state index contributed by atoms with van der Waals surface area (Å²) in [5.41, 5.74) is 5.76. The van der Waals surface area contributed by atoms with Crippen molar-refractivity contribution >= 4 is 21.6 Å². The van der Waals surface area contributed by atoms with Crippen molar-refractivity contribution in [3.05, 3.63) is 0 Å². The molecule has 0 spiro atoms. The highest BCUT2D eigenvalue weighted by Crippen LogP contribution is 2.20. The van der Waals surface area contributed by atoms with Crippen LogP contribution in [0.25, 0.3) is 0 Å². The van der Waals surface area contributed by atoms with Crippen LogP contribution in [0, 0.1) is 5.41 Å².